The molecule has 0 atom stereocenters. The summed E-state index contributed by atoms with van der Waals surface area (Å²) in [7, 11) is 0. The van der Waals surface area contributed by atoms with E-state index in [2.05, 4.69) is 69.3 Å². The fraction of sp³-hybridized carbons (Fsp3) is 0.380. The molecule has 9 rings (SSSR count). The lowest BCUT2D eigenvalue weighted by molar-refractivity contribution is -0.145. The summed E-state index contributed by atoms with van der Waals surface area (Å²) in [6.45, 7) is 11.5. The van der Waals surface area contributed by atoms with Gasteiger partial charge < -0.3 is 42.5 Å². The number of aromatic nitrogens is 3. The van der Waals surface area contributed by atoms with Crippen LogP contribution in [-0.4, -0.2) is 77.0 Å². The van der Waals surface area contributed by atoms with Crippen LogP contribution in [0.2, 0.25) is 0 Å². The molecule has 7 aromatic rings. The first-order chi connectivity index (χ1) is 43.9. The van der Waals surface area contributed by atoms with Crippen LogP contribution in [0.1, 0.15) is 115 Å². The minimum Gasteiger partial charge on any atom is -0.494 e. The van der Waals surface area contributed by atoms with Gasteiger partial charge in [-0.3, -0.25) is 19.2 Å². The molecule has 470 valence electrons. The van der Waals surface area contributed by atoms with E-state index >= 15 is 0 Å². The fourth-order valence-electron chi connectivity index (χ4n) is 11.2. The molecule has 0 bridgehead atoms. The second-order valence-corrected chi connectivity index (χ2v) is 22.5. The molecule has 0 radical (unpaired) electrons. The highest BCUT2D eigenvalue weighted by atomic mass is 16.6. The third-order valence-electron chi connectivity index (χ3n) is 16.2. The van der Waals surface area contributed by atoms with E-state index in [4.69, 9.17) is 37.9 Å². The maximum Gasteiger partial charge on any atom is 0.330 e. The molecule has 90 heavy (non-hydrogen) atoms. The Bertz CT molecular complexity index is 3640. The predicted octanol–water partition coefficient (Wildman–Crippen LogP) is 14.5. The number of carbonyl (C=O) groups excluding carboxylic acids is 6. The lowest BCUT2D eigenvalue weighted by atomic mass is 9.82. The molecule has 2 aliphatic carbocycles. The number of hydrogen-bond donors (Lipinski definition) is 0. The molecular formula is C71H77N5O14. The average Bonchev–Trinajstić information content (AvgIpc) is 1.63. The van der Waals surface area contributed by atoms with Gasteiger partial charge >= 0.3 is 35.8 Å². The van der Waals surface area contributed by atoms with Crippen LogP contribution in [0.3, 0.4) is 0 Å². The molecule has 0 aliphatic heterocycles. The van der Waals surface area contributed by atoms with E-state index in [1.54, 1.807) is 72.8 Å². The number of para-hydroxylation sites is 1. The number of azo groups is 1. The smallest absolute Gasteiger partial charge is 0.330 e. The van der Waals surface area contributed by atoms with Crippen LogP contribution >= 0.6 is 0 Å². The van der Waals surface area contributed by atoms with E-state index in [0.717, 1.165) is 97.4 Å². The minimum atomic E-state index is -0.485. The van der Waals surface area contributed by atoms with E-state index in [1.165, 1.54) is 6.20 Å². The number of esters is 6. The Morgan fingerprint density at radius 1 is 0.511 bits per heavy atom. The number of ether oxygens (including phenoxy) is 8. The molecule has 0 saturated heterocycles. The summed E-state index contributed by atoms with van der Waals surface area (Å²) < 4.78 is 47.5. The second-order valence-electron chi connectivity index (χ2n) is 22.5. The Hall–Kier alpha value is -9.52. The predicted molar refractivity (Wildman–Crippen MR) is 337 cm³/mol. The standard InChI is InChI=1S/C71H77N5O14/c1-4-66(77)85-41-15-9-7-13-39-83-55-28-32-57(33-29-55)87-68(79)48-19-21-50(22-20-48)70(81)89-59-36-38-65(53(43-59)46-72-74-54-45-62(75-73-47-54)52-27-37-64-61(44-52)60-17-11-12-18-63(60)76(64)6-3)90-71(82)51-25-23-49(24-26-51)69(80)88-58-34-30-56(31-35-58)84-40-14-8-10-16-42-86-67(78)5-2/h4-5,11-12,17-18,27-38,43-45,47-51H,1-2,6-10,13-16,19-26,39-42,46H2,3H3/b74-72+. The van der Waals surface area contributed by atoms with Crippen molar-refractivity contribution in [1.29, 1.82) is 0 Å². The fourth-order valence-corrected chi connectivity index (χ4v) is 11.2. The van der Waals surface area contributed by atoms with E-state index in [0.29, 0.717) is 118 Å². The number of carbonyl (C=O) groups is 6. The molecule has 19 heteroatoms. The van der Waals surface area contributed by atoms with Gasteiger partial charge in [0, 0.05) is 51.6 Å². The first-order valence-corrected chi connectivity index (χ1v) is 31.2. The molecule has 2 aromatic heterocycles. The van der Waals surface area contributed by atoms with Crippen LogP contribution in [0.25, 0.3) is 33.1 Å². The summed E-state index contributed by atoms with van der Waals surface area (Å²) in [6.07, 6.45) is 14.1. The van der Waals surface area contributed by atoms with E-state index in [-0.39, 0.29) is 30.0 Å². The SMILES string of the molecule is C=CC(=O)OCCCCCCOc1ccc(OC(=O)C2CCC(C(=O)Oc3ccc(OC(=O)C4CCC(C(=O)Oc5ccc(OCCCCCCOC(=O)C=C)cc5)CC4)c(C/N=N/c4cnnc(-c5ccc6c(c5)c5ccccc5n6CC)c4)c3)CC2)cc1. The maximum atomic E-state index is 13.9. The zero-order chi connectivity index (χ0) is 63.0. The normalized spacial score (nSPS) is 16.4. The quantitative estimate of drug-likeness (QED) is 0.0129. The molecule has 0 N–H and O–H groups in total. The average molecular weight is 1220 g/mol. The second kappa shape index (κ2) is 33.2. The zero-order valence-corrected chi connectivity index (χ0v) is 50.9. The number of fused-ring (bicyclic) bond motifs is 3. The van der Waals surface area contributed by atoms with E-state index in [1.807, 2.05) is 18.2 Å². The maximum absolute atomic E-state index is 13.9. The van der Waals surface area contributed by atoms with Crippen LogP contribution in [0.5, 0.6) is 34.5 Å². The van der Waals surface area contributed by atoms with Crippen LogP contribution < -0.4 is 28.4 Å². The molecule has 2 aliphatic rings. The third-order valence-corrected chi connectivity index (χ3v) is 16.2. The lowest BCUT2D eigenvalue weighted by Crippen LogP contribution is -2.30. The van der Waals surface area contributed by atoms with Crippen molar-refractivity contribution in [3.63, 3.8) is 0 Å². The van der Waals surface area contributed by atoms with Crippen molar-refractivity contribution in [3.8, 4) is 45.8 Å². The van der Waals surface area contributed by atoms with Crippen molar-refractivity contribution in [2.75, 3.05) is 26.4 Å². The van der Waals surface area contributed by atoms with Gasteiger partial charge in [-0.2, -0.15) is 20.4 Å². The number of rotatable bonds is 31. The van der Waals surface area contributed by atoms with Gasteiger partial charge in [-0.05, 0) is 201 Å². The van der Waals surface area contributed by atoms with Gasteiger partial charge in [-0.25, -0.2) is 9.59 Å². The first kappa shape index (κ1) is 64.9. The topological polar surface area (TPSA) is 232 Å². The van der Waals surface area contributed by atoms with E-state index < -0.39 is 47.5 Å². The third kappa shape index (κ3) is 18.5. The Kier molecular flexibility index (Phi) is 23.9. The van der Waals surface area contributed by atoms with Gasteiger partial charge in [0.25, 0.3) is 0 Å². The Labute approximate surface area is 523 Å². The largest absolute Gasteiger partial charge is 0.494 e. The van der Waals surface area contributed by atoms with Crippen molar-refractivity contribution in [2.24, 2.45) is 33.9 Å². The molecule has 2 saturated carbocycles. The van der Waals surface area contributed by atoms with Crippen molar-refractivity contribution in [3.05, 3.63) is 152 Å². The number of benzene rings is 5. The Morgan fingerprint density at radius 3 is 1.50 bits per heavy atom. The molecule has 5 aromatic carbocycles. The molecular weight excluding hydrogens is 1150 g/mol. The van der Waals surface area contributed by atoms with E-state index in [9.17, 15) is 28.8 Å². The molecule has 0 unspecified atom stereocenters. The summed E-state index contributed by atoms with van der Waals surface area (Å²) in [4.78, 5) is 76.6. The highest BCUT2D eigenvalue weighted by Crippen LogP contribution is 2.37. The lowest BCUT2D eigenvalue weighted by Gasteiger charge is -2.26. The van der Waals surface area contributed by atoms with Gasteiger partial charge in [0.05, 0.1) is 68.5 Å². The molecule has 2 heterocycles. The monoisotopic (exact) mass is 1220 g/mol. The number of hydrogen-bond acceptors (Lipinski definition) is 18. The molecule has 19 nitrogen and oxygen atoms in total. The first-order valence-electron chi connectivity index (χ1n) is 31.2. The summed E-state index contributed by atoms with van der Waals surface area (Å²) in [5, 5.41) is 20.0. The Morgan fingerprint density at radius 2 is 0.978 bits per heavy atom. The number of unbranched alkanes of at least 4 members (excludes halogenated alkanes) is 6. The molecule has 0 amide bonds. The molecule has 2 fully saturated rings. The summed E-state index contributed by atoms with van der Waals surface area (Å²) >= 11 is 0. The van der Waals surface area contributed by atoms with Crippen molar-refractivity contribution in [2.45, 2.75) is 123 Å². The van der Waals surface area contributed by atoms with Crippen molar-refractivity contribution >= 4 is 63.3 Å². The summed E-state index contributed by atoms with van der Waals surface area (Å²) in [6, 6.07) is 34.9. The highest BCUT2D eigenvalue weighted by Gasteiger charge is 2.34. The van der Waals surface area contributed by atoms with Crippen LogP contribution in [0, 0.1) is 23.7 Å². The molecule has 0 spiro atoms. The van der Waals surface area contributed by atoms with Gasteiger partial charge in [0.2, 0.25) is 0 Å². The van der Waals surface area contributed by atoms with Crippen molar-refractivity contribution in [1.82, 2.24) is 14.8 Å². The van der Waals surface area contributed by atoms with Gasteiger partial charge in [0.1, 0.15) is 40.2 Å². The summed E-state index contributed by atoms with van der Waals surface area (Å²) in [5.41, 5.74) is 4.64. The van der Waals surface area contributed by atoms with Crippen LogP contribution in [0.4, 0.5) is 5.69 Å². The number of nitrogens with zero attached hydrogens (tertiary/aromatic N) is 5. The van der Waals surface area contributed by atoms with Crippen LogP contribution in [0.15, 0.2) is 157 Å². The van der Waals surface area contributed by atoms with Gasteiger partial charge in [-0.1, -0.05) is 37.4 Å². The zero-order valence-electron chi connectivity index (χ0n) is 50.9. The van der Waals surface area contributed by atoms with Gasteiger partial charge in [-0.15, -0.1) is 0 Å². The minimum absolute atomic E-state index is 0.0556. The Balaban J connectivity index is 0.781. The van der Waals surface area contributed by atoms with Crippen molar-refractivity contribution < 1.29 is 66.7 Å². The van der Waals surface area contributed by atoms with Gasteiger partial charge in [0.15, 0.2) is 0 Å². The highest BCUT2D eigenvalue weighted by molar-refractivity contribution is 6.09. The van der Waals surface area contributed by atoms with Crippen LogP contribution in [-0.2, 0) is 51.3 Å². The summed E-state index contributed by atoms with van der Waals surface area (Å²) in [5.74, 6) is -1.65. The number of aryl methyl sites for hydroxylation is 1.